The van der Waals surface area contributed by atoms with Crippen LogP contribution in [0.15, 0.2) is 0 Å². The molecule has 1 atom stereocenters. The Balaban J connectivity index is 4.38. The zero-order valence-corrected chi connectivity index (χ0v) is 5.75. The maximum atomic E-state index is 12.4. The highest BCUT2D eigenvalue weighted by Gasteiger charge is 2.37. The van der Waals surface area contributed by atoms with Gasteiger partial charge in [-0.3, -0.25) is 0 Å². The SMILES string of the molecule is NC(C(=O)[O-])C(F)(F)CC(=O)[O-]. The van der Waals surface area contributed by atoms with Gasteiger partial charge in [0, 0.05) is 5.97 Å². The van der Waals surface area contributed by atoms with E-state index in [1.54, 1.807) is 0 Å². The molecule has 70 valence electrons. The standard InChI is InChI=1S/C5H7F2NO4/c6-5(7,1-2(9)10)3(8)4(11)12/h3H,1,8H2,(H,9,10)(H,11,12)/p-2. The minimum atomic E-state index is -4.04. The van der Waals surface area contributed by atoms with Crippen molar-refractivity contribution in [2.24, 2.45) is 5.73 Å². The van der Waals surface area contributed by atoms with E-state index in [0.717, 1.165) is 0 Å². The average molecular weight is 181 g/mol. The second-order valence-electron chi connectivity index (χ2n) is 2.11. The summed E-state index contributed by atoms with van der Waals surface area (Å²) in [5.41, 5.74) is 4.44. The van der Waals surface area contributed by atoms with Gasteiger partial charge in [-0.05, 0) is 0 Å². The van der Waals surface area contributed by atoms with Crippen molar-refractivity contribution in [2.75, 3.05) is 0 Å². The van der Waals surface area contributed by atoms with E-state index in [1.165, 1.54) is 0 Å². The maximum absolute atomic E-state index is 12.4. The van der Waals surface area contributed by atoms with Crippen molar-refractivity contribution < 1.29 is 28.6 Å². The van der Waals surface area contributed by atoms with Crippen molar-refractivity contribution in [3.8, 4) is 0 Å². The number of hydrogen-bond donors (Lipinski definition) is 1. The lowest BCUT2D eigenvalue weighted by molar-refractivity contribution is -0.318. The minimum Gasteiger partial charge on any atom is -0.550 e. The molecular weight excluding hydrogens is 176 g/mol. The summed E-state index contributed by atoms with van der Waals surface area (Å²) in [5.74, 6) is -8.32. The Hall–Kier alpha value is -1.24. The Labute approximate surface area is 65.8 Å². The van der Waals surface area contributed by atoms with Crippen LogP contribution in [0.25, 0.3) is 0 Å². The molecule has 0 aromatic carbocycles. The summed E-state index contributed by atoms with van der Waals surface area (Å²) in [6.07, 6.45) is -1.73. The van der Waals surface area contributed by atoms with Crippen molar-refractivity contribution in [3.63, 3.8) is 0 Å². The first kappa shape index (κ1) is 10.8. The second-order valence-corrected chi connectivity index (χ2v) is 2.11. The Morgan fingerprint density at radius 2 is 1.83 bits per heavy atom. The van der Waals surface area contributed by atoms with Crippen LogP contribution >= 0.6 is 0 Å². The van der Waals surface area contributed by atoms with Crippen LogP contribution in [0.4, 0.5) is 8.78 Å². The van der Waals surface area contributed by atoms with Crippen LogP contribution in [0.5, 0.6) is 0 Å². The van der Waals surface area contributed by atoms with Gasteiger partial charge in [0.05, 0.1) is 12.4 Å². The number of carboxylic acids is 2. The van der Waals surface area contributed by atoms with Crippen LogP contribution in [-0.2, 0) is 9.59 Å². The van der Waals surface area contributed by atoms with Crippen molar-refractivity contribution in [1.29, 1.82) is 0 Å². The Bertz CT molecular complexity index is 206. The van der Waals surface area contributed by atoms with Gasteiger partial charge >= 0.3 is 0 Å². The fourth-order valence-electron chi connectivity index (χ4n) is 0.475. The van der Waals surface area contributed by atoms with Gasteiger partial charge in [0.15, 0.2) is 0 Å². The summed E-state index contributed by atoms with van der Waals surface area (Å²) >= 11 is 0. The fourth-order valence-corrected chi connectivity index (χ4v) is 0.475. The number of halogens is 2. The molecule has 5 nitrogen and oxygen atoms in total. The van der Waals surface area contributed by atoms with E-state index in [9.17, 15) is 28.6 Å². The summed E-state index contributed by atoms with van der Waals surface area (Å²) in [5, 5.41) is 19.5. The summed E-state index contributed by atoms with van der Waals surface area (Å²) in [7, 11) is 0. The maximum Gasteiger partial charge on any atom is 0.273 e. The molecule has 0 aliphatic heterocycles. The second kappa shape index (κ2) is 3.44. The molecule has 0 aromatic rings. The summed E-state index contributed by atoms with van der Waals surface area (Å²) in [6.45, 7) is 0. The van der Waals surface area contributed by atoms with Crippen LogP contribution in [0, 0.1) is 0 Å². The molecule has 2 N–H and O–H groups in total. The van der Waals surface area contributed by atoms with Crippen LogP contribution in [-0.4, -0.2) is 23.9 Å². The Morgan fingerprint density at radius 1 is 1.42 bits per heavy atom. The van der Waals surface area contributed by atoms with E-state index in [-0.39, 0.29) is 0 Å². The number of carboxylic acid groups (broad SMARTS) is 2. The highest BCUT2D eigenvalue weighted by atomic mass is 19.3. The molecular formula is C5H5F2NO4-2. The molecule has 7 heteroatoms. The topological polar surface area (TPSA) is 106 Å². The lowest BCUT2D eigenvalue weighted by atomic mass is 10.1. The zero-order chi connectivity index (χ0) is 9.94. The fraction of sp³-hybridized carbons (Fsp3) is 0.600. The summed E-state index contributed by atoms with van der Waals surface area (Å²) in [4.78, 5) is 19.5. The number of rotatable bonds is 4. The van der Waals surface area contributed by atoms with E-state index in [1.807, 2.05) is 0 Å². The monoisotopic (exact) mass is 181 g/mol. The van der Waals surface area contributed by atoms with Gasteiger partial charge < -0.3 is 25.5 Å². The number of alkyl halides is 2. The van der Waals surface area contributed by atoms with Crippen molar-refractivity contribution >= 4 is 11.9 Å². The Morgan fingerprint density at radius 3 is 2.08 bits per heavy atom. The molecule has 0 aliphatic rings. The molecule has 0 bridgehead atoms. The van der Waals surface area contributed by atoms with Gasteiger partial charge in [0.2, 0.25) is 0 Å². The highest BCUT2D eigenvalue weighted by molar-refractivity contribution is 5.74. The first-order chi connectivity index (χ1) is 5.27. The molecule has 0 aliphatic carbocycles. The minimum absolute atomic E-state index is 1.73. The molecule has 0 spiro atoms. The van der Waals surface area contributed by atoms with E-state index in [2.05, 4.69) is 5.73 Å². The quantitative estimate of drug-likeness (QED) is 0.492. The molecule has 0 radical (unpaired) electrons. The lowest BCUT2D eigenvalue weighted by Gasteiger charge is -2.24. The number of hydrogen-bond acceptors (Lipinski definition) is 5. The molecule has 0 rings (SSSR count). The predicted octanol–water partition coefficient (Wildman–Crippen LogP) is -3.16. The largest absolute Gasteiger partial charge is 0.550 e. The zero-order valence-electron chi connectivity index (χ0n) is 5.75. The highest BCUT2D eigenvalue weighted by Crippen LogP contribution is 2.20. The molecule has 0 amide bonds. The summed E-state index contributed by atoms with van der Waals surface area (Å²) in [6, 6.07) is -2.63. The molecule has 1 unspecified atom stereocenters. The third-order valence-corrected chi connectivity index (χ3v) is 1.09. The number of carbonyl (C=O) groups is 2. The van der Waals surface area contributed by atoms with Gasteiger partial charge in [-0.2, -0.15) is 0 Å². The van der Waals surface area contributed by atoms with Gasteiger partial charge in [-0.25, -0.2) is 8.78 Å². The molecule has 0 heterocycles. The third-order valence-electron chi connectivity index (χ3n) is 1.09. The van der Waals surface area contributed by atoms with Crippen molar-refractivity contribution in [3.05, 3.63) is 0 Å². The van der Waals surface area contributed by atoms with Crippen molar-refractivity contribution in [2.45, 2.75) is 18.4 Å². The van der Waals surface area contributed by atoms with E-state index in [0.29, 0.717) is 0 Å². The van der Waals surface area contributed by atoms with Gasteiger partial charge in [0.25, 0.3) is 5.92 Å². The van der Waals surface area contributed by atoms with Gasteiger partial charge in [0.1, 0.15) is 6.04 Å². The van der Waals surface area contributed by atoms with Gasteiger partial charge in [-0.15, -0.1) is 0 Å². The lowest BCUT2D eigenvalue weighted by Crippen LogP contribution is -2.55. The van der Waals surface area contributed by atoms with E-state index in [4.69, 9.17) is 0 Å². The van der Waals surface area contributed by atoms with E-state index < -0.39 is 30.3 Å². The Kier molecular flexibility index (Phi) is 3.08. The van der Waals surface area contributed by atoms with Crippen LogP contribution < -0.4 is 15.9 Å². The first-order valence-electron chi connectivity index (χ1n) is 2.81. The van der Waals surface area contributed by atoms with E-state index >= 15 is 0 Å². The smallest absolute Gasteiger partial charge is 0.273 e. The molecule has 0 saturated carbocycles. The number of carbonyl (C=O) groups excluding carboxylic acids is 2. The molecule has 12 heavy (non-hydrogen) atoms. The van der Waals surface area contributed by atoms with Gasteiger partial charge in [-0.1, -0.05) is 0 Å². The molecule has 0 saturated heterocycles. The molecule has 0 aromatic heterocycles. The number of aliphatic carboxylic acids is 2. The van der Waals surface area contributed by atoms with Crippen LogP contribution in [0.1, 0.15) is 6.42 Å². The predicted molar refractivity (Wildman–Crippen MR) is 27.6 cm³/mol. The van der Waals surface area contributed by atoms with Crippen molar-refractivity contribution in [1.82, 2.24) is 0 Å². The third kappa shape index (κ3) is 2.79. The average Bonchev–Trinajstić information content (AvgIpc) is 1.82. The normalized spacial score (nSPS) is 13.9. The van der Waals surface area contributed by atoms with Crippen LogP contribution in [0.2, 0.25) is 0 Å². The summed E-state index contributed by atoms with van der Waals surface area (Å²) < 4.78 is 24.7. The first-order valence-corrected chi connectivity index (χ1v) is 2.81. The van der Waals surface area contributed by atoms with Crippen LogP contribution in [0.3, 0.4) is 0 Å². The number of nitrogens with two attached hydrogens (primary N) is 1. The molecule has 0 fully saturated rings.